The molecule has 3 heteroatoms. The minimum absolute atomic E-state index is 0.0937. The van der Waals surface area contributed by atoms with E-state index >= 15 is 0 Å². The van der Waals surface area contributed by atoms with E-state index in [0.29, 0.717) is 0 Å². The number of hydrogen-bond acceptors (Lipinski definition) is 1. The molecule has 0 spiro atoms. The van der Waals surface area contributed by atoms with Crippen LogP contribution in [-0.4, -0.2) is 11.6 Å². The zero-order chi connectivity index (χ0) is 29.2. The molecule has 1 aromatic heterocycles. The van der Waals surface area contributed by atoms with Crippen LogP contribution in [0.5, 0.6) is 0 Å². The topological polar surface area (TPSA) is 12.0 Å². The van der Waals surface area contributed by atoms with E-state index in [0.717, 1.165) is 19.3 Å². The zero-order valence-corrected chi connectivity index (χ0v) is 26.1. The highest BCUT2D eigenvalue weighted by Crippen LogP contribution is 2.59. The van der Waals surface area contributed by atoms with Crippen LogP contribution in [0.25, 0.3) is 11.4 Å². The summed E-state index contributed by atoms with van der Waals surface area (Å²) in [5, 5.41) is 0. The van der Waals surface area contributed by atoms with E-state index in [1.807, 2.05) is 0 Å². The fraction of sp³-hybridized carbons (Fsp3) is 0.395. The fourth-order valence-corrected chi connectivity index (χ4v) is 8.48. The van der Waals surface area contributed by atoms with Gasteiger partial charge >= 0.3 is 0 Å². The van der Waals surface area contributed by atoms with Gasteiger partial charge in [0, 0.05) is 37.4 Å². The first kappa shape index (κ1) is 27.6. The van der Waals surface area contributed by atoms with Crippen LogP contribution >= 0.6 is 0 Å². The van der Waals surface area contributed by atoms with Gasteiger partial charge in [0.2, 0.25) is 5.66 Å². The summed E-state index contributed by atoms with van der Waals surface area (Å²) in [5.41, 5.74) is 9.81. The standard InChI is InChI=1S/C38H46N3/c1-9-13-19-29-20-17-23-31(26-29)38(30-21-15-14-16-22-30)39(8)33-25-18-24-32-34(33)35-40(27(5)28(6)41(35)38)37(11-3,12-4)36(32,7)10-2/h11,14-18,20-26H,3,9-10,12-13,19H2,1-2,4-8H3/q+1. The van der Waals surface area contributed by atoms with Crippen molar-refractivity contribution in [2.24, 2.45) is 0 Å². The van der Waals surface area contributed by atoms with Crippen molar-refractivity contribution in [1.29, 1.82) is 0 Å². The Kier molecular flexibility index (Phi) is 6.56. The molecule has 6 rings (SSSR count). The smallest absolute Gasteiger partial charge is 0.295 e. The Hall–Kier alpha value is -3.59. The Balaban J connectivity index is 1.82. The second kappa shape index (κ2) is 9.76. The zero-order valence-electron chi connectivity index (χ0n) is 26.1. The summed E-state index contributed by atoms with van der Waals surface area (Å²) < 4.78 is 5.35. The first-order chi connectivity index (χ1) is 19.8. The average molecular weight is 545 g/mol. The van der Waals surface area contributed by atoms with Gasteiger partial charge < -0.3 is 4.90 Å². The summed E-state index contributed by atoms with van der Waals surface area (Å²) in [6.45, 7) is 18.6. The van der Waals surface area contributed by atoms with Gasteiger partial charge in [0.25, 0.3) is 5.82 Å². The third-order valence-electron chi connectivity index (χ3n) is 10.9. The van der Waals surface area contributed by atoms with Crippen LogP contribution < -0.4 is 9.47 Å². The SMILES string of the molecule is C=CC1(CC)n2c(C)c(C)[n+]3c2-c2c(cccc2C1(C)CC)N(C)C3(c1ccccc1)c1cccc(CCCC)c1. The van der Waals surface area contributed by atoms with Crippen molar-refractivity contribution >= 4 is 5.69 Å². The summed E-state index contributed by atoms with van der Waals surface area (Å²) >= 11 is 0. The van der Waals surface area contributed by atoms with Crippen molar-refractivity contribution in [2.75, 3.05) is 11.9 Å². The molecule has 0 saturated carbocycles. The third-order valence-corrected chi connectivity index (χ3v) is 10.9. The van der Waals surface area contributed by atoms with E-state index in [1.165, 1.54) is 63.6 Å². The molecule has 0 aliphatic carbocycles. The van der Waals surface area contributed by atoms with E-state index in [-0.39, 0.29) is 11.0 Å². The van der Waals surface area contributed by atoms with Crippen LogP contribution in [-0.2, 0) is 23.0 Å². The van der Waals surface area contributed by atoms with Gasteiger partial charge in [-0.05, 0) is 55.0 Å². The molecule has 3 nitrogen and oxygen atoms in total. The van der Waals surface area contributed by atoms with Crippen LogP contribution in [0.2, 0.25) is 0 Å². The normalized spacial score (nSPS) is 24.3. The summed E-state index contributed by atoms with van der Waals surface area (Å²) in [6, 6.07) is 27.5. The van der Waals surface area contributed by atoms with Crippen molar-refractivity contribution in [3.05, 3.63) is 119 Å². The third kappa shape index (κ3) is 3.29. The second-order valence-corrected chi connectivity index (χ2v) is 12.4. The minimum atomic E-state index is -0.550. The van der Waals surface area contributed by atoms with Crippen LogP contribution in [0.4, 0.5) is 5.69 Å². The number of allylic oxidation sites excluding steroid dienone is 1. The van der Waals surface area contributed by atoms with Crippen molar-refractivity contribution in [3.63, 3.8) is 0 Å². The molecule has 3 heterocycles. The van der Waals surface area contributed by atoms with Gasteiger partial charge in [-0.15, -0.1) is 0 Å². The molecule has 41 heavy (non-hydrogen) atoms. The number of aromatic nitrogens is 2. The van der Waals surface area contributed by atoms with Crippen LogP contribution in [0.1, 0.15) is 87.0 Å². The molecule has 0 N–H and O–H groups in total. The van der Waals surface area contributed by atoms with Crippen LogP contribution in [0, 0.1) is 13.8 Å². The van der Waals surface area contributed by atoms with Crippen molar-refractivity contribution < 1.29 is 4.57 Å². The molecule has 3 aromatic carbocycles. The van der Waals surface area contributed by atoms with Gasteiger partial charge in [-0.1, -0.05) is 101 Å². The van der Waals surface area contributed by atoms with Crippen molar-refractivity contribution in [1.82, 2.24) is 4.57 Å². The number of nitrogens with zero attached hydrogens (tertiary/aromatic N) is 3. The molecule has 212 valence electrons. The van der Waals surface area contributed by atoms with E-state index in [1.54, 1.807) is 0 Å². The number of rotatable bonds is 8. The van der Waals surface area contributed by atoms with Gasteiger partial charge in [-0.25, -0.2) is 4.57 Å². The molecule has 0 fully saturated rings. The predicted octanol–water partition coefficient (Wildman–Crippen LogP) is 8.57. The number of unbranched alkanes of at least 4 members (excludes halogenated alkanes) is 1. The summed E-state index contributed by atoms with van der Waals surface area (Å²) in [6.07, 6.45) is 7.76. The maximum absolute atomic E-state index is 4.53. The van der Waals surface area contributed by atoms with Crippen molar-refractivity contribution in [3.8, 4) is 11.4 Å². The number of aryl methyl sites for hydroxylation is 1. The largest absolute Gasteiger partial charge is 0.325 e. The molecule has 2 aliphatic rings. The van der Waals surface area contributed by atoms with Gasteiger partial charge in [0.15, 0.2) is 0 Å². The molecular formula is C38H46N3+. The highest BCUT2D eigenvalue weighted by molar-refractivity contribution is 5.83. The first-order valence-corrected chi connectivity index (χ1v) is 15.6. The maximum atomic E-state index is 4.53. The average Bonchev–Trinajstić information content (AvgIpc) is 3.28. The van der Waals surface area contributed by atoms with E-state index < -0.39 is 5.66 Å². The summed E-state index contributed by atoms with van der Waals surface area (Å²) in [4.78, 5) is 2.56. The monoisotopic (exact) mass is 544 g/mol. The highest BCUT2D eigenvalue weighted by Gasteiger charge is 2.63. The van der Waals surface area contributed by atoms with E-state index in [9.17, 15) is 0 Å². The molecule has 3 unspecified atom stereocenters. The highest BCUT2D eigenvalue weighted by atomic mass is 15.4. The van der Waals surface area contributed by atoms with Gasteiger partial charge in [0.05, 0.1) is 11.3 Å². The summed E-state index contributed by atoms with van der Waals surface area (Å²) in [7, 11) is 2.31. The Morgan fingerprint density at radius 1 is 0.878 bits per heavy atom. The molecule has 0 saturated heterocycles. The Labute approximate surface area is 247 Å². The molecule has 2 aliphatic heterocycles. The molecular weight excluding hydrogens is 498 g/mol. The Morgan fingerprint density at radius 2 is 1.59 bits per heavy atom. The van der Waals surface area contributed by atoms with E-state index in [4.69, 9.17) is 0 Å². The van der Waals surface area contributed by atoms with Gasteiger partial charge in [-0.3, -0.25) is 0 Å². The molecule has 3 atom stereocenters. The number of hydrogen-bond donors (Lipinski definition) is 0. The van der Waals surface area contributed by atoms with Crippen LogP contribution in [0.15, 0.2) is 85.5 Å². The molecule has 0 radical (unpaired) electrons. The number of anilines is 1. The van der Waals surface area contributed by atoms with Gasteiger partial charge in [-0.2, -0.15) is 4.57 Å². The number of benzene rings is 3. The first-order valence-electron chi connectivity index (χ1n) is 15.6. The molecule has 0 amide bonds. The number of imidazole rings is 1. The lowest BCUT2D eigenvalue weighted by atomic mass is 9.60. The lowest BCUT2D eigenvalue weighted by Crippen LogP contribution is -2.71. The van der Waals surface area contributed by atoms with Gasteiger partial charge in [0.1, 0.15) is 16.9 Å². The van der Waals surface area contributed by atoms with Crippen LogP contribution in [0.3, 0.4) is 0 Å². The fourth-order valence-electron chi connectivity index (χ4n) is 8.48. The minimum Gasteiger partial charge on any atom is -0.325 e. The van der Waals surface area contributed by atoms with Crippen molar-refractivity contribution in [2.45, 2.75) is 90.3 Å². The molecule has 0 bridgehead atoms. The van der Waals surface area contributed by atoms with E-state index in [2.05, 4.69) is 148 Å². The lowest BCUT2D eigenvalue weighted by Gasteiger charge is -2.52. The quantitative estimate of drug-likeness (QED) is 0.160. The second-order valence-electron chi connectivity index (χ2n) is 12.4. The maximum Gasteiger partial charge on any atom is 0.295 e. The summed E-state index contributed by atoms with van der Waals surface area (Å²) in [5.74, 6) is 1.30. The Bertz CT molecular complexity index is 1630. The Morgan fingerprint density at radius 3 is 2.24 bits per heavy atom. The predicted molar refractivity (Wildman–Crippen MR) is 172 cm³/mol. The lowest BCUT2D eigenvalue weighted by molar-refractivity contribution is -0.739. The molecule has 4 aromatic rings.